The van der Waals surface area contributed by atoms with Crippen LogP contribution in [0.15, 0.2) is 52.1 Å². The number of aromatic amines is 1. The number of aliphatic imine (C=N–C) groups is 1. The van der Waals surface area contributed by atoms with Gasteiger partial charge in [0.2, 0.25) is 0 Å². The number of H-pyrrole nitrogens is 1. The maximum atomic E-state index is 5.60. The average molecular weight is 383 g/mol. The van der Waals surface area contributed by atoms with Crippen LogP contribution < -0.4 is 10.6 Å². The third-order valence-corrected chi connectivity index (χ3v) is 4.58. The van der Waals surface area contributed by atoms with Gasteiger partial charge in [0.15, 0.2) is 5.96 Å². The molecule has 3 aromatic rings. The third-order valence-electron chi connectivity index (χ3n) is 4.58. The van der Waals surface area contributed by atoms with E-state index in [4.69, 9.17) is 9.15 Å². The first-order valence-electron chi connectivity index (χ1n) is 9.96. The molecule has 0 aliphatic rings. The molecular weight excluding hydrogens is 352 g/mol. The SMILES string of the molecule is CCNC(=NCCCOCc1ccco1)NCCc1c(C)[nH]c2ccccc12. The van der Waals surface area contributed by atoms with Crippen LogP contribution in [0.25, 0.3) is 10.9 Å². The summed E-state index contributed by atoms with van der Waals surface area (Å²) in [7, 11) is 0. The Morgan fingerprint density at radius 1 is 1.18 bits per heavy atom. The Labute approximate surface area is 166 Å². The van der Waals surface area contributed by atoms with E-state index in [9.17, 15) is 0 Å². The van der Waals surface area contributed by atoms with Crippen LogP contribution in [-0.2, 0) is 17.8 Å². The predicted molar refractivity (Wildman–Crippen MR) is 114 cm³/mol. The van der Waals surface area contributed by atoms with Crippen molar-refractivity contribution < 1.29 is 9.15 Å². The van der Waals surface area contributed by atoms with Gasteiger partial charge in [-0.1, -0.05) is 18.2 Å². The van der Waals surface area contributed by atoms with Gasteiger partial charge in [-0.15, -0.1) is 0 Å². The monoisotopic (exact) mass is 382 g/mol. The highest BCUT2D eigenvalue weighted by atomic mass is 16.5. The molecule has 3 N–H and O–H groups in total. The number of para-hydroxylation sites is 1. The summed E-state index contributed by atoms with van der Waals surface area (Å²) in [6.45, 7) is 7.79. The van der Waals surface area contributed by atoms with E-state index in [1.54, 1.807) is 6.26 Å². The van der Waals surface area contributed by atoms with Crippen molar-refractivity contribution in [1.29, 1.82) is 0 Å². The van der Waals surface area contributed by atoms with Gasteiger partial charge < -0.3 is 24.8 Å². The average Bonchev–Trinajstić information content (AvgIpc) is 3.32. The molecule has 0 saturated heterocycles. The number of nitrogens with one attached hydrogen (secondary N) is 3. The molecule has 0 spiro atoms. The Kier molecular flexibility index (Phi) is 7.55. The number of ether oxygens (including phenoxy) is 1. The largest absolute Gasteiger partial charge is 0.467 e. The van der Waals surface area contributed by atoms with Crippen molar-refractivity contribution in [2.45, 2.75) is 33.3 Å². The molecule has 6 heteroatoms. The molecule has 0 unspecified atom stereocenters. The molecule has 28 heavy (non-hydrogen) atoms. The molecule has 0 bridgehead atoms. The van der Waals surface area contributed by atoms with Crippen LogP contribution in [0.1, 0.15) is 30.4 Å². The molecule has 0 saturated carbocycles. The number of fused-ring (bicyclic) bond motifs is 1. The molecule has 0 aliphatic carbocycles. The van der Waals surface area contributed by atoms with Crippen LogP contribution in [0.4, 0.5) is 0 Å². The Morgan fingerprint density at radius 2 is 2.07 bits per heavy atom. The summed E-state index contributed by atoms with van der Waals surface area (Å²) in [5, 5.41) is 8.04. The Morgan fingerprint density at radius 3 is 2.89 bits per heavy atom. The number of aryl methyl sites for hydroxylation is 1. The lowest BCUT2D eigenvalue weighted by Crippen LogP contribution is -2.38. The number of aromatic nitrogens is 1. The lowest BCUT2D eigenvalue weighted by Gasteiger charge is -2.11. The number of benzene rings is 1. The number of hydrogen-bond acceptors (Lipinski definition) is 3. The second-order valence-corrected chi connectivity index (χ2v) is 6.70. The first-order valence-corrected chi connectivity index (χ1v) is 9.96. The fourth-order valence-electron chi connectivity index (χ4n) is 3.23. The van der Waals surface area contributed by atoms with Crippen LogP contribution in [0.2, 0.25) is 0 Å². The zero-order valence-corrected chi connectivity index (χ0v) is 16.8. The first-order chi connectivity index (χ1) is 13.8. The van der Waals surface area contributed by atoms with E-state index in [-0.39, 0.29) is 0 Å². The Balaban J connectivity index is 1.42. The molecule has 0 radical (unpaired) electrons. The van der Waals surface area contributed by atoms with Gasteiger partial charge in [0.05, 0.1) is 6.26 Å². The molecule has 1 aromatic carbocycles. The van der Waals surface area contributed by atoms with Gasteiger partial charge in [-0.25, -0.2) is 0 Å². The summed E-state index contributed by atoms with van der Waals surface area (Å²) < 4.78 is 10.8. The minimum absolute atomic E-state index is 0.513. The van der Waals surface area contributed by atoms with Crippen molar-refractivity contribution in [3.05, 3.63) is 59.7 Å². The number of furan rings is 1. The normalized spacial score (nSPS) is 11.9. The fourth-order valence-corrected chi connectivity index (χ4v) is 3.23. The molecule has 6 nitrogen and oxygen atoms in total. The molecule has 0 amide bonds. The van der Waals surface area contributed by atoms with Crippen molar-refractivity contribution in [2.75, 3.05) is 26.2 Å². The summed E-state index contributed by atoms with van der Waals surface area (Å²) in [6, 6.07) is 12.2. The van der Waals surface area contributed by atoms with E-state index >= 15 is 0 Å². The van der Waals surface area contributed by atoms with E-state index in [1.807, 2.05) is 12.1 Å². The van der Waals surface area contributed by atoms with E-state index in [2.05, 4.69) is 58.7 Å². The van der Waals surface area contributed by atoms with Gasteiger partial charge in [-0.2, -0.15) is 0 Å². The molecule has 0 aliphatic heterocycles. The highest BCUT2D eigenvalue weighted by molar-refractivity contribution is 5.84. The molecule has 3 rings (SSSR count). The number of nitrogens with zero attached hydrogens (tertiary/aromatic N) is 1. The minimum atomic E-state index is 0.513. The minimum Gasteiger partial charge on any atom is -0.467 e. The van der Waals surface area contributed by atoms with Crippen molar-refractivity contribution in [3.8, 4) is 0 Å². The maximum absolute atomic E-state index is 5.60. The smallest absolute Gasteiger partial charge is 0.191 e. The Hall–Kier alpha value is -2.73. The number of rotatable bonds is 10. The molecular formula is C22H30N4O2. The predicted octanol–water partition coefficient (Wildman–Crippen LogP) is 3.77. The van der Waals surface area contributed by atoms with Gasteiger partial charge >= 0.3 is 0 Å². The van der Waals surface area contributed by atoms with Crippen molar-refractivity contribution >= 4 is 16.9 Å². The second-order valence-electron chi connectivity index (χ2n) is 6.70. The lowest BCUT2D eigenvalue weighted by atomic mass is 10.1. The highest BCUT2D eigenvalue weighted by Gasteiger charge is 2.07. The summed E-state index contributed by atoms with van der Waals surface area (Å²) in [5.41, 5.74) is 3.80. The molecule has 150 valence electrons. The van der Waals surface area contributed by atoms with Gasteiger partial charge in [0.25, 0.3) is 0 Å². The summed E-state index contributed by atoms with van der Waals surface area (Å²) >= 11 is 0. The lowest BCUT2D eigenvalue weighted by molar-refractivity contribution is 0.105. The van der Waals surface area contributed by atoms with Crippen LogP contribution >= 0.6 is 0 Å². The highest BCUT2D eigenvalue weighted by Crippen LogP contribution is 2.21. The van der Waals surface area contributed by atoms with Crippen molar-refractivity contribution in [3.63, 3.8) is 0 Å². The van der Waals surface area contributed by atoms with Crippen molar-refractivity contribution in [1.82, 2.24) is 15.6 Å². The zero-order valence-electron chi connectivity index (χ0n) is 16.8. The van der Waals surface area contributed by atoms with E-state index in [0.29, 0.717) is 13.2 Å². The van der Waals surface area contributed by atoms with Crippen LogP contribution in [0.5, 0.6) is 0 Å². The number of guanidine groups is 1. The Bertz CT molecular complexity index is 868. The van der Waals surface area contributed by atoms with Crippen LogP contribution in [0.3, 0.4) is 0 Å². The second kappa shape index (κ2) is 10.6. The fraction of sp³-hybridized carbons (Fsp3) is 0.409. The van der Waals surface area contributed by atoms with Gasteiger partial charge in [0.1, 0.15) is 12.4 Å². The molecule has 0 fully saturated rings. The summed E-state index contributed by atoms with van der Waals surface area (Å²) in [5.74, 6) is 1.71. The van der Waals surface area contributed by atoms with Crippen LogP contribution in [-0.4, -0.2) is 37.2 Å². The molecule has 2 aromatic heterocycles. The summed E-state index contributed by atoms with van der Waals surface area (Å²) in [6.07, 6.45) is 3.49. The van der Waals surface area contributed by atoms with E-state index < -0.39 is 0 Å². The first kappa shape index (κ1) is 20.0. The van der Waals surface area contributed by atoms with Gasteiger partial charge in [-0.3, -0.25) is 4.99 Å². The zero-order chi connectivity index (χ0) is 19.6. The van der Waals surface area contributed by atoms with Gasteiger partial charge in [-0.05, 0) is 50.5 Å². The summed E-state index contributed by atoms with van der Waals surface area (Å²) in [4.78, 5) is 8.09. The standard InChI is InChI=1S/C22H30N4O2/c1-3-23-22(24-12-7-14-27-16-18-8-6-15-28-18)25-13-11-19-17(2)26-21-10-5-4-9-20(19)21/h4-6,8-10,15,26H,3,7,11-14,16H2,1-2H3,(H2,23,24,25). The van der Waals surface area contributed by atoms with Crippen molar-refractivity contribution in [2.24, 2.45) is 4.99 Å². The quantitative estimate of drug-likeness (QED) is 0.283. The maximum Gasteiger partial charge on any atom is 0.191 e. The van der Waals surface area contributed by atoms with Crippen LogP contribution in [0, 0.1) is 6.92 Å². The number of hydrogen-bond donors (Lipinski definition) is 3. The third kappa shape index (κ3) is 5.63. The van der Waals surface area contributed by atoms with E-state index in [1.165, 1.54) is 22.2 Å². The van der Waals surface area contributed by atoms with Gasteiger partial charge in [0, 0.05) is 42.8 Å². The van der Waals surface area contributed by atoms with E-state index in [0.717, 1.165) is 44.2 Å². The topological polar surface area (TPSA) is 74.6 Å². The molecule has 2 heterocycles. The molecule has 0 atom stereocenters.